The van der Waals surface area contributed by atoms with E-state index in [-0.39, 0.29) is 0 Å². The van der Waals surface area contributed by atoms with Crippen LogP contribution in [0.3, 0.4) is 0 Å². The van der Waals surface area contributed by atoms with Gasteiger partial charge in [0.25, 0.3) is 0 Å². The van der Waals surface area contributed by atoms with Crippen molar-refractivity contribution in [3.05, 3.63) is 206 Å². The highest BCUT2D eigenvalue weighted by Gasteiger charge is 2.24. The zero-order chi connectivity index (χ0) is 39.6. The number of aromatic nitrogens is 2. The molecule has 0 fully saturated rings. The van der Waals surface area contributed by atoms with Crippen LogP contribution in [-0.4, -0.2) is 8.80 Å². The Bertz CT molecular complexity index is 3560. The smallest absolute Gasteiger partial charge is 0.0645 e. The normalized spacial score (nSPS) is 12.6. The average Bonchev–Trinajstić information content (AvgIpc) is 4.01. The van der Waals surface area contributed by atoms with Crippen LogP contribution < -0.4 is 9.80 Å². The number of rotatable bonds is 6. The number of nitrogens with zero attached hydrogens (tertiary/aromatic N) is 4. The van der Waals surface area contributed by atoms with Crippen molar-refractivity contribution in [3.8, 4) is 0 Å². The minimum atomic E-state index is 0.473. The summed E-state index contributed by atoms with van der Waals surface area (Å²) in [4.78, 5) is 4.39. The minimum Gasteiger partial charge on any atom is -0.310 e. The Labute approximate surface area is 336 Å². The number of hydrogen-bond acceptors (Lipinski definition) is 2. The fraction of sp³-hybridized carbons (Fsp3) is 0. The molecule has 0 radical (unpaired) electrons. The lowest BCUT2D eigenvalue weighted by Gasteiger charge is -2.25. The van der Waals surface area contributed by atoms with Gasteiger partial charge in [0.1, 0.15) is 0 Å². The van der Waals surface area contributed by atoms with Crippen LogP contribution in [0, 0.1) is 0 Å². The van der Waals surface area contributed by atoms with Crippen LogP contribution >= 0.6 is 0 Å². The Morgan fingerprint density at radius 1 is 0.276 bits per heavy atom. The molecular weight excluding hydrogens is 705 g/mol. The van der Waals surface area contributed by atoms with Crippen molar-refractivity contribution in [2.75, 3.05) is 9.80 Å². The Kier molecular flexibility index (Phi) is 6.02. The fourth-order valence-corrected chi connectivity index (χ4v) is 9.76. The summed E-state index contributed by atoms with van der Waals surface area (Å²) in [6.07, 6.45) is 0. The van der Waals surface area contributed by atoms with Gasteiger partial charge in [-0.25, -0.2) is 0 Å². The molecule has 0 atom stereocenters. The Morgan fingerprint density at radius 2 is 0.638 bits per heavy atom. The van der Waals surface area contributed by atoms with E-state index in [0.717, 1.165) is 45.2 Å². The molecule has 4 aromatic heterocycles. The molecule has 0 saturated heterocycles. The molecule has 9 aromatic carbocycles. The highest BCUT2D eigenvalue weighted by Crippen LogP contribution is 2.47. The number of para-hydroxylation sites is 6. The molecule has 0 aliphatic rings. The molecule has 0 bridgehead atoms. The van der Waals surface area contributed by atoms with Crippen molar-refractivity contribution >= 4 is 110 Å². The summed E-state index contributed by atoms with van der Waals surface area (Å²) in [6.45, 7) is 0. The lowest BCUT2D eigenvalue weighted by Crippen LogP contribution is -2.09. The maximum Gasteiger partial charge on any atom is 0.0645 e. The molecule has 4 heteroatoms. The van der Waals surface area contributed by atoms with Gasteiger partial charge in [0, 0.05) is 77.2 Å². The van der Waals surface area contributed by atoms with Crippen LogP contribution in [0.15, 0.2) is 206 Å². The van der Waals surface area contributed by atoms with Gasteiger partial charge < -0.3 is 18.6 Å². The number of hydrogen-bond donors (Lipinski definition) is 0. The van der Waals surface area contributed by atoms with Gasteiger partial charge >= 0.3 is 0 Å². The number of fused-ring (bicyclic) bond motifs is 12. The maximum atomic E-state index is 8.91. The molecule has 0 N–H and O–H groups in total. The Morgan fingerprint density at radius 3 is 1.05 bits per heavy atom. The van der Waals surface area contributed by atoms with E-state index in [1.165, 1.54) is 65.2 Å². The molecule has 0 spiro atoms. The van der Waals surface area contributed by atoms with E-state index in [1.54, 1.807) is 0 Å². The van der Waals surface area contributed by atoms with Crippen molar-refractivity contribution in [1.82, 2.24) is 8.80 Å². The van der Waals surface area contributed by atoms with Gasteiger partial charge in [-0.3, -0.25) is 0 Å². The second-order valence-electron chi connectivity index (χ2n) is 15.2. The lowest BCUT2D eigenvalue weighted by atomic mass is 10.0. The minimum absolute atomic E-state index is 0.473. The molecule has 0 aliphatic heterocycles. The second-order valence-corrected chi connectivity index (χ2v) is 15.2. The maximum absolute atomic E-state index is 8.91. The third-order valence-corrected chi connectivity index (χ3v) is 12.1. The zero-order valence-corrected chi connectivity index (χ0v) is 31.3. The first-order chi connectivity index (χ1) is 29.6. The van der Waals surface area contributed by atoms with E-state index in [2.05, 4.69) is 152 Å². The summed E-state index contributed by atoms with van der Waals surface area (Å²) in [5.74, 6) is 0. The highest BCUT2D eigenvalue weighted by molar-refractivity contribution is 6.29. The quantitative estimate of drug-likeness (QED) is 0.169. The van der Waals surface area contributed by atoms with E-state index >= 15 is 0 Å². The molecule has 58 heavy (non-hydrogen) atoms. The highest BCUT2D eigenvalue weighted by atomic mass is 15.1. The molecule has 0 unspecified atom stereocenters. The van der Waals surface area contributed by atoms with Gasteiger partial charge in [0.2, 0.25) is 0 Å². The standard InChI is InChI=1S/C54H34N4/c1-5-15-35(16-6-1)55(36-17-7-2-8-18-36)39-27-29-41-43-23-13-25-45-47-34-52-48(33-51(47)57(53(43)45)49(41)31-39)46-26-14-24-44-42-30-28-40(32-50(42)58(52)54(44)46)56(37-19-9-3-10-20-37)38-21-11-4-12-22-38/h1-34H/i15D,19D. The largest absolute Gasteiger partial charge is 0.310 e. The monoisotopic (exact) mass is 740 g/mol. The second kappa shape index (κ2) is 11.8. The molecule has 13 aromatic rings. The first-order valence-electron chi connectivity index (χ1n) is 20.8. The summed E-state index contributed by atoms with van der Waals surface area (Å²) in [5.41, 5.74) is 12.8. The van der Waals surface area contributed by atoms with Crippen LogP contribution in [0.1, 0.15) is 2.74 Å². The topological polar surface area (TPSA) is 15.3 Å². The first-order valence-corrected chi connectivity index (χ1v) is 19.8. The predicted molar refractivity (Wildman–Crippen MR) is 245 cm³/mol. The Hall–Kier alpha value is -7.82. The molecular formula is C54H34N4. The van der Waals surface area contributed by atoms with Crippen LogP contribution in [0.25, 0.3) is 76.2 Å². The van der Waals surface area contributed by atoms with E-state index in [4.69, 9.17) is 2.74 Å². The van der Waals surface area contributed by atoms with Gasteiger partial charge in [0.05, 0.1) is 35.8 Å². The van der Waals surface area contributed by atoms with E-state index in [1.807, 2.05) is 60.7 Å². The molecule has 13 rings (SSSR count). The van der Waals surface area contributed by atoms with E-state index in [9.17, 15) is 0 Å². The Balaban J connectivity index is 1.09. The summed E-state index contributed by atoms with van der Waals surface area (Å²) < 4.78 is 22.7. The van der Waals surface area contributed by atoms with E-state index < -0.39 is 0 Å². The summed E-state index contributed by atoms with van der Waals surface area (Å²) in [7, 11) is 0. The van der Waals surface area contributed by atoms with Gasteiger partial charge in [-0.1, -0.05) is 121 Å². The van der Waals surface area contributed by atoms with Gasteiger partial charge in [-0.2, -0.15) is 0 Å². The third-order valence-electron chi connectivity index (χ3n) is 12.1. The van der Waals surface area contributed by atoms with Crippen molar-refractivity contribution < 1.29 is 2.74 Å². The van der Waals surface area contributed by atoms with Gasteiger partial charge in [-0.05, 0) is 84.9 Å². The van der Waals surface area contributed by atoms with Crippen molar-refractivity contribution in [2.45, 2.75) is 0 Å². The molecule has 270 valence electrons. The van der Waals surface area contributed by atoms with Crippen LogP contribution in [0.4, 0.5) is 34.1 Å². The fourth-order valence-electron chi connectivity index (χ4n) is 9.76. The lowest BCUT2D eigenvalue weighted by molar-refractivity contribution is 1.28. The van der Waals surface area contributed by atoms with Crippen LogP contribution in [-0.2, 0) is 0 Å². The van der Waals surface area contributed by atoms with E-state index in [0.29, 0.717) is 12.1 Å². The summed E-state index contributed by atoms with van der Waals surface area (Å²) in [5, 5.41) is 9.75. The molecule has 0 saturated carbocycles. The molecule has 0 aliphatic carbocycles. The van der Waals surface area contributed by atoms with Crippen molar-refractivity contribution in [2.24, 2.45) is 0 Å². The van der Waals surface area contributed by atoms with Gasteiger partial charge in [0.15, 0.2) is 0 Å². The van der Waals surface area contributed by atoms with Gasteiger partial charge in [-0.15, -0.1) is 0 Å². The number of benzene rings is 9. The van der Waals surface area contributed by atoms with Crippen LogP contribution in [0.2, 0.25) is 0 Å². The zero-order valence-electron chi connectivity index (χ0n) is 33.3. The SMILES string of the molecule is [2H]c1ccccc1N(c1ccccc1)c1ccc2c3cccc4c5cc6c(cc5n(c2c1)c34)c1cccc2c3ccc(N(c4ccccc4)c4ccccc4[2H])cc3n6c21. The number of anilines is 6. The first kappa shape index (κ1) is 29.5. The van der Waals surface area contributed by atoms with Crippen LogP contribution in [0.5, 0.6) is 0 Å². The molecule has 4 nitrogen and oxygen atoms in total. The summed E-state index contributed by atoms with van der Waals surface area (Å²) >= 11 is 0. The third kappa shape index (κ3) is 4.29. The molecule has 4 heterocycles. The predicted octanol–water partition coefficient (Wildman–Crippen LogP) is 14.9. The average molecular weight is 741 g/mol. The molecule has 0 amide bonds. The van der Waals surface area contributed by atoms with Crippen molar-refractivity contribution in [3.63, 3.8) is 0 Å². The summed E-state index contributed by atoms with van der Waals surface area (Å²) in [6, 6.07) is 69.0. The van der Waals surface area contributed by atoms with Crippen molar-refractivity contribution in [1.29, 1.82) is 0 Å².